The number of nitrogens with zero attached hydrogens (tertiary/aromatic N) is 6. The Morgan fingerprint density at radius 3 is 2.27 bits per heavy atom. The number of aromatic nitrogens is 3. The van der Waals surface area contributed by atoms with Gasteiger partial charge in [0, 0.05) is 10.6 Å². The molecule has 0 aliphatic carbocycles. The van der Waals surface area contributed by atoms with Crippen LogP contribution >= 0.6 is 22.9 Å². The van der Waals surface area contributed by atoms with Crippen LogP contribution in [0.15, 0.2) is 105 Å². The van der Waals surface area contributed by atoms with E-state index in [0.717, 1.165) is 16.9 Å². The minimum Gasteiger partial charge on any atom is -0.492 e. The second-order valence-corrected chi connectivity index (χ2v) is 8.12. The monoisotopic (exact) mass is 474 g/mol. The first-order chi connectivity index (χ1) is 16.2. The Hall–Kier alpha value is -4.08. The van der Waals surface area contributed by atoms with Crippen LogP contribution in [-0.4, -0.2) is 19.9 Å². The van der Waals surface area contributed by atoms with Crippen molar-refractivity contribution in [1.29, 1.82) is 0 Å². The van der Waals surface area contributed by atoms with Gasteiger partial charge in [0.25, 0.3) is 0 Å². The van der Waals surface area contributed by atoms with E-state index in [0.29, 0.717) is 32.1 Å². The van der Waals surface area contributed by atoms with Crippen molar-refractivity contribution >= 4 is 39.6 Å². The number of rotatable bonds is 5. The van der Waals surface area contributed by atoms with Gasteiger partial charge in [0.1, 0.15) is 0 Å². The standard InChI is InChI=1S/C23H15ClN6O2S/c24-16-13-11-15(12-14-16)19-27-29-22(32-19)25-23-30(18-9-5-2-6-10-18)21(31)20(33-23)28-26-17-7-3-1-4-8-17/h1-14,31H. The molecule has 0 spiro atoms. The van der Waals surface area contributed by atoms with E-state index in [9.17, 15) is 5.11 Å². The predicted octanol–water partition coefficient (Wildman–Crippen LogP) is 6.60. The summed E-state index contributed by atoms with van der Waals surface area (Å²) < 4.78 is 7.26. The largest absolute Gasteiger partial charge is 0.492 e. The summed E-state index contributed by atoms with van der Waals surface area (Å²) in [6.07, 6.45) is 0. The Bertz CT molecular complexity index is 1480. The van der Waals surface area contributed by atoms with Crippen molar-refractivity contribution in [1.82, 2.24) is 14.8 Å². The van der Waals surface area contributed by atoms with Gasteiger partial charge < -0.3 is 9.52 Å². The third kappa shape index (κ3) is 4.59. The molecule has 2 aromatic heterocycles. The molecule has 33 heavy (non-hydrogen) atoms. The minimum atomic E-state index is -0.0953. The maximum atomic E-state index is 10.9. The van der Waals surface area contributed by atoms with Crippen LogP contribution in [0, 0.1) is 0 Å². The average molecular weight is 475 g/mol. The molecule has 0 fully saturated rings. The molecular weight excluding hydrogens is 460 g/mol. The van der Waals surface area contributed by atoms with Crippen molar-refractivity contribution in [3.8, 4) is 23.0 Å². The van der Waals surface area contributed by atoms with Crippen molar-refractivity contribution in [2.75, 3.05) is 0 Å². The van der Waals surface area contributed by atoms with Crippen molar-refractivity contribution in [3.05, 3.63) is 94.8 Å². The maximum absolute atomic E-state index is 10.9. The molecule has 162 valence electrons. The van der Waals surface area contributed by atoms with Gasteiger partial charge in [-0.1, -0.05) is 64.4 Å². The Kier molecular flexibility index (Phi) is 5.79. The van der Waals surface area contributed by atoms with Crippen LogP contribution in [0.25, 0.3) is 17.1 Å². The van der Waals surface area contributed by atoms with Gasteiger partial charge in [-0.25, -0.2) is 0 Å². The zero-order valence-electron chi connectivity index (χ0n) is 16.9. The van der Waals surface area contributed by atoms with E-state index >= 15 is 0 Å². The Morgan fingerprint density at radius 1 is 0.848 bits per heavy atom. The zero-order valence-corrected chi connectivity index (χ0v) is 18.5. The van der Waals surface area contributed by atoms with Gasteiger partial charge in [0.05, 0.1) is 11.4 Å². The summed E-state index contributed by atoms with van der Waals surface area (Å²) in [5.41, 5.74) is 2.08. The van der Waals surface area contributed by atoms with E-state index in [1.165, 1.54) is 0 Å². The van der Waals surface area contributed by atoms with Crippen LogP contribution in [0.4, 0.5) is 16.7 Å². The fourth-order valence-electron chi connectivity index (χ4n) is 2.96. The molecule has 0 saturated heterocycles. The number of hydrogen-bond donors (Lipinski definition) is 1. The highest BCUT2D eigenvalue weighted by Gasteiger charge is 2.16. The second-order valence-electron chi connectivity index (χ2n) is 6.73. The third-order valence-corrected chi connectivity index (χ3v) is 5.67. The first-order valence-corrected chi connectivity index (χ1v) is 11.0. The molecule has 0 bridgehead atoms. The summed E-state index contributed by atoms with van der Waals surface area (Å²) >= 11 is 7.09. The average Bonchev–Trinajstić information content (AvgIpc) is 3.44. The molecule has 0 aliphatic heterocycles. The number of hydrogen-bond acceptors (Lipinski definition) is 8. The normalized spacial score (nSPS) is 12.0. The van der Waals surface area contributed by atoms with E-state index in [1.807, 2.05) is 60.7 Å². The SMILES string of the molecule is Oc1c(N=Nc2ccccc2)sc(=Nc2nnc(-c3ccc(Cl)cc3)o2)n1-c1ccccc1. The summed E-state index contributed by atoms with van der Waals surface area (Å²) in [5, 5.41) is 28.3. The Balaban J connectivity index is 1.58. The summed E-state index contributed by atoms with van der Waals surface area (Å²) in [6.45, 7) is 0. The fraction of sp³-hybridized carbons (Fsp3) is 0. The van der Waals surface area contributed by atoms with Gasteiger partial charge in [0.2, 0.25) is 21.6 Å². The molecule has 0 aliphatic rings. The molecule has 0 unspecified atom stereocenters. The molecule has 5 rings (SSSR count). The second kappa shape index (κ2) is 9.19. The summed E-state index contributed by atoms with van der Waals surface area (Å²) in [5.74, 6) is 0.212. The summed E-state index contributed by atoms with van der Waals surface area (Å²) in [7, 11) is 0. The van der Waals surface area contributed by atoms with Gasteiger partial charge in [-0.05, 0) is 48.5 Å². The van der Waals surface area contributed by atoms with Gasteiger partial charge in [-0.2, -0.15) is 4.99 Å². The molecule has 0 atom stereocenters. The van der Waals surface area contributed by atoms with E-state index in [1.54, 1.807) is 28.8 Å². The summed E-state index contributed by atoms with van der Waals surface area (Å²) in [6, 6.07) is 25.6. The Labute approximate surface area is 196 Å². The molecule has 0 amide bonds. The number of halogens is 1. The number of thiazole rings is 1. The molecular formula is C23H15ClN6O2S. The molecule has 10 heteroatoms. The van der Waals surface area contributed by atoms with Crippen LogP contribution < -0.4 is 4.80 Å². The van der Waals surface area contributed by atoms with Gasteiger partial charge in [0.15, 0.2) is 0 Å². The van der Waals surface area contributed by atoms with E-state index in [4.69, 9.17) is 16.0 Å². The van der Waals surface area contributed by atoms with Gasteiger partial charge in [-0.15, -0.1) is 15.3 Å². The highest BCUT2D eigenvalue weighted by Crippen LogP contribution is 2.34. The van der Waals surface area contributed by atoms with Crippen LogP contribution in [0.5, 0.6) is 5.88 Å². The lowest BCUT2D eigenvalue weighted by Gasteiger charge is -2.03. The minimum absolute atomic E-state index is 0.0393. The molecule has 8 nitrogen and oxygen atoms in total. The lowest BCUT2D eigenvalue weighted by Crippen LogP contribution is -2.11. The summed E-state index contributed by atoms with van der Waals surface area (Å²) in [4.78, 5) is 4.87. The zero-order chi connectivity index (χ0) is 22.6. The number of benzene rings is 3. The lowest BCUT2D eigenvalue weighted by atomic mass is 10.2. The predicted molar refractivity (Wildman–Crippen MR) is 126 cm³/mol. The lowest BCUT2D eigenvalue weighted by molar-refractivity contribution is 0.441. The number of aromatic hydroxyl groups is 1. The molecule has 3 aromatic carbocycles. The smallest absolute Gasteiger partial charge is 0.345 e. The van der Waals surface area contributed by atoms with Crippen molar-refractivity contribution in [2.24, 2.45) is 15.2 Å². The first-order valence-electron chi connectivity index (χ1n) is 9.78. The molecule has 0 saturated carbocycles. The van der Waals surface area contributed by atoms with Crippen LogP contribution in [0.2, 0.25) is 5.02 Å². The van der Waals surface area contributed by atoms with Crippen molar-refractivity contribution in [2.45, 2.75) is 0 Å². The molecule has 2 heterocycles. The van der Waals surface area contributed by atoms with E-state index in [2.05, 4.69) is 25.4 Å². The maximum Gasteiger partial charge on any atom is 0.345 e. The van der Waals surface area contributed by atoms with Gasteiger partial charge in [-0.3, -0.25) is 4.57 Å². The Morgan fingerprint density at radius 2 is 1.55 bits per heavy atom. The molecule has 5 aromatic rings. The van der Waals surface area contributed by atoms with Crippen LogP contribution in [0.3, 0.4) is 0 Å². The third-order valence-electron chi connectivity index (χ3n) is 4.51. The quantitative estimate of drug-likeness (QED) is 0.290. The highest BCUT2D eigenvalue weighted by atomic mass is 35.5. The number of para-hydroxylation sites is 1. The molecule has 0 radical (unpaired) electrons. The first kappa shape index (κ1) is 20.8. The van der Waals surface area contributed by atoms with Gasteiger partial charge >= 0.3 is 6.01 Å². The topological polar surface area (TPSA) is 101 Å². The molecule has 1 N–H and O–H groups in total. The van der Waals surface area contributed by atoms with Crippen molar-refractivity contribution < 1.29 is 9.52 Å². The number of azo groups is 1. The highest BCUT2D eigenvalue weighted by molar-refractivity contribution is 7.13. The fourth-order valence-corrected chi connectivity index (χ4v) is 3.93. The van der Waals surface area contributed by atoms with E-state index < -0.39 is 0 Å². The van der Waals surface area contributed by atoms with Crippen LogP contribution in [-0.2, 0) is 0 Å². The van der Waals surface area contributed by atoms with Crippen LogP contribution in [0.1, 0.15) is 0 Å². The van der Waals surface area contributed by atoms with Crippen molar-refractivity contribution in [3.63, 3.8) is 0 Å². The van der Waals surface area contributed by atoms with E-state index in [-0.39, 0.29) is 11.9 Å².